The fourth-order valence-corrected chi connectivity index (χ4v) is 8.89. The number of benzene rings is 9. The lowest BCUT2D eigenvalue weighted by molar-refractivity contribution is 0.876. The zero-order valence-corrected chi connectivity index (χ0v) is 31.4. The zero-order valence-electron chi connectivity index (χ0n) is 31.4. The van der Waals surface area contributed by atoms with E-state index in [0.717, 1.165) is 29.0 Å². The highest BCUT2D eigenvalue weighted by atomic mass is 15.1. The highest BCUT2D eigenvalue weighted by Crippen LogP contribution is 2.42. The van der Waals surface area contributed by atoms with Gasteiger partial charge in [-0.05, 0) is 126 Å². The minimum absolute atomic E-state index is 0.152. The molecule has 2 heteroatoms. The molecule has 0 aromatic heterocycles. The van der Waals surface area contributed by atoms with Crippen LogP contribution in [-0.4, -0.2) is 0 Å². The van der Waals surface area contributed by atoms with E-state index in [2.05, 4.69) is 193 Å². The third kappa shape index (κ3) is 6.17. The number of anilines is 3. The molecule has 10 rings (SSSR count). The Morgan fingerprint density at radius 2 is 0.895 bits per heavy atom. The molecule has 1 aliphatic carbocycles. The minimum atomic E-state index is 0.152. The Morgan fingerprint density at radius 1 is 0.404 bits per heavy atom. The molecule has 0 heterocycles. The quantitative estimate of drug-likeness (QED) is 0.153. The van der Waals surface area contributed by atoms with E-state index in [1.54, 1.807) is 0 Å². The molecule has 268 valence electrons. The van der Waals surface area contributed by atoms with Crippen LogP contribution in [-0.2, 0) is 0 Å². The van der Waals surface area contributed by atoms with E-state index in [-0.39, 0.29) is 5.92 Å². The molecule has 0 saturated carbocycles. The van der Waals surface area contributed by atoms with E-state index in [4.69, 9.17) is 0 Å². The van der Waals surface area contributed by atoms with Gasteiger partial charge in [0.25, 0.3) is 0 Å². The predicted octanol–water partition coefficient (Wildman–Crippen LogP) is 12.6. The number of nitrogens with zero attached hydrogens (tertiary/aromatic N) is 2. The average Bonchev–Trinajstić information content (AvgIpc) is 3.30. The zero-order chi connectivity index (χ0) is 38.1. The smallest absolute Gasteiger partial charge is 0.0991 e. The fraction of sp³-hybridized carbons (Fsp3) is 0.0364. The number of fused-ring (bicyclic) bond motifs is 6. The summed E-state index contributed by atoms with van der Waals surface area (Å²) in [5.74, 6) is 0.152. The molecule has 2 nitrogen and oxygen atoms in total. The van der Waals surface area contributed by atoms with Crippen LogP contribution in [0.25, 0.3) is 43.8 Å². The monoisotopic (exact) mass is 726 g/mol. The van der Waals surface area contributed by atoms with Crippen molar-refractivity contribution in [1.29, 1.82) is 5.26 Å². The maximum atomic E-state index is 9.67. The van der Waals surface area contributed by atoms with Crippen molar-refractivity contribution in [2.45, 2.75) is 12.3 Å². The van der Waals surface area contributed by atoms with Gasteiger partial charge in [-0.15, -0.1) is 0 Å². The summed E-state index contributed by atoms with van der Waals surface area (Å²) in [4.78, 5) is 2.31. The summed E-state index contributed by atoms with van der Waals surface area (Å²) in [6.45, 7) is 0. The first-order chi connectivity index (χ1) is 28.2. The summed E-state index contributed by atoms with van der Waals surface area (Å²) in [5, 5.41) is 17.2. The molecule has 0 spiro atoms. The Morgan fingerprint density at radius 3 is 1.53 bits per heavy atom. The van der Waals surface area contributed by atoms with Gasteiger partial charge in [0.05, 0.1) is 11.6 Å². The third-order valence-electron chi connectivity index (χ3n) is 11.5. The molecule has 0 aliphatic heterocycles. The molecule has 1 unspecified atom stereocenters. The molecule has 0 radical (unpaired) electrons. The van der Waals surface area contributed by atoms with Crippen LogP contribution < -0.4 is 15.3 Å². The van der Waals surface area contributed by atoms with Crippen molar-refractivity contribution < 1.29 is 0 Å². The van der Waals surface area contributed by atoms with Crippen molar-refractivity contribution >= 4 is 49.8 Å². The van der Waals surface area contributed by atoms with E-state index in [1.165, 1.54) is 65.4 Å². The highest BCUT2D eigenvalue weighted by Gasteiger charge is 2.28. The van der Waals surface area contributed by atoms with Crippen molar-refractivity contribution in [2.24, 2.45) is 0 Å². The van der Waals surface area contributed by atoms with Crippen molar-refractivity contribution in [3.63, 3.8) is 0 Å². The van der Waals surface area contributed by atoms with E-state index in [0.29, 0.717) is 5.56 Å². The van der Waals surface area contributed by atoms with E-state index < -0.39 is 0 Å². The lowest BCUT2D eigenvalue weighted by Crippen LogP contribution is -2.37. The standard InChI is InChI=1S/C55H38N2/c56-37-38-25-29-44(30-26-38)57(45-31-27-40(28-32-45)39-15-5-1-6-16-39)46-33-34-49-52(35-46)47-23-13-14-24-48(47)54-51(42-19-9-3-10-20-42)36-50(41-17-7-2-8-18-41)53(55(49)54)43-21-11-4-12-22-43/h1-35,50H,36H2. The number of hydrogen-bond acceptors (Lipinski definition) is 2. The van der Waals surface area contributed by atoms with Crippen LogP contribution in [0.1, 0.15) is 34.6 Å². The summed E-state index contributed by atoms with van der Waals surface area (Å²) in [6, 6.07) is 78.5. The van der Waals surface area contributed by atoms with Crippen molar-refractivity contribution in [3.8, 4) is 17.2 Å². The summed E-state index contributed by atoms with van der Waals surface area (Å²) >= 11 is 0. The molecule has 57 heavy (non-hydrogen) atoms. The lowest BCUT2D eigenvalue weighted by Gasteiger charge is -2.30. The topological polar surface area (TPSA) is 27.0 Å². The van der Waals surface area contributed by atoms with Gasteiger partial charge in [0, 0.05) is 23.0 Å². The average molecular weight is 727 g/mol. The van der Waals surface area contributed by atoms with Crippen LogP contribution in [0.15, 0.2) is 212 Å². The molecule has 9 aromatic rings. The SMILES string of the molecule is N#Cc1ccc(N(c2ccc(-c3ccccc3)cc2)c2ccc3c4c(c5ccccc5c3c2)=C(c2ccccc2)CC(c2ccccc2)C=4c2ccccc2)cc1. The van der Waals surface area contributed by atoms with E-state index in [9.17, 15) is 5.26 Å². The summed E-state index contributed by atoms with van der Waals surface area (Å²) in [7, 11) is 0. The van der Waals surface area contributed by atoms with Crippen molar-refractivity contribution in [3.05, 3.63) is 245 Å². The van der Waals surface area contributed by atoms with Gasteiger partial charge in [-0.25, -0.2) is 0 Å². The Labute approximate surface area is 333 Å². The molecular weight excluding hydrogens is 689 g/mol. The molecule has 0 bridgehead atoms. The van der Waals surface area contributed by atoms with Gasteiger partial charge in [-0.3, -0.25) is 0 Å². The molecule has 9 aromatic carbocycles. The predicted molar refractivity (Wildman–Crippen MR) is 237 cm³/mol. The molecule has 0 saturated heterocycles. The van der Waals surface area contributed by atoms with Crippen molar-refractivity contribution in [2.75, 3.05) is 4.90 Å². The van der Waals surface area contributed by atoms with Crippen molar-refractivity contribution in [1.82, 2.24) is 0 Å². The Hall–Kier alpha value is -7.47. The van der Waals surface area contributed by atoms with Gasteiger partial charge in [-0.1, -0.05) is 164 Å². The second-order valence-corrected chi connectivity index (χ2v) is 14.7. The first-order valence-corrected chi connectivity index (χ1v) is 19.6. The first kappa shape index (κ1) is 34.1. The van der Waals surface area contributed by atoms with Gasteiger partial charge in [0.2, 0.25) is 0 Å². The van der Waals surface area contributed by atoms with Crippen LogP contribution in [0, 0.1) is 11.3 Å². The Kier molecular flexibility index (Phi) is 8.75. The van der Waals surface area contributed by atoms with E-state index >= 15 is 0 Å². The van der Waals surface area contributed by atoms with Crippen LogP contribution in [0.3, 0.4) is 0 Å². The van der Waals surface area contributed by atoms with Gasteiger partial charge in [-0.2, -0.15) is 5.26 Å². The summed E-state index contributed by atoms with van der Waals surface area (Å²) < 4.78 is 0. The number of rotatable bonds is 7. The lowest BCUT2D eigenvalue weighted by atomic mass is 9.74. The molecular formula is C55H38N2. The second-order valence-electron chi connectivity index (χ2n) is 14.7. The molecule has 1 atom stereocenters. The normalized spacial score (nSPS) is 13.6. The van der Waals surface area contributed by atoms with Gasteiger partial charge < -0.3 is 4.90 Å². The van der Waals surface area contributed by atoms with Gasteiger partial charge in [0.15, 0.2) is 0 Å². The maximum Gasteiger partial charge on any atom is 0.0991 e. The largest absolute Gasteiger partial charge is 0.310 e. The van der Waals surface area contributed by atoms with Crippen LogP contribution in [0.5, 0.6) is 0 Å². The third-order valence-corrected chi connectivity index (χ3v) is 11.5. The molecule has 0 N–H and O–H groups in total. The number of hydrogen-bond donors (Lipinski definition) is 0. The van der Waals surface area contributed by atoms with E-state index in [1.807, 2.05) is 30.3 Å². The Bertz CT molecular complexity index is 3060. The maximum absolute atomic E-state index is 9.67. The summed E-state index contributed by atoms with van der Waals surface area (Å²) in [6.07, 6.45) is 0.893. The fourth-order valence-electron chi connectivity index (χ4n) is 8.89. The van der Waals surface area contributed by atoms with Gasteiger partial charge >= 0.3 is 0 Å². The van der Waals surface area contributed by atoms with Crippen LogP contribution in [0.2, 0.25) is 0 Å². The van der Waals surface area contributed by atoms with Crippen LogP contribution >= 0.6 is 0 Å². The number of nitriles is 1. The highest BCUT2D eigenvalue weighted by molar-refractivity contribution is 6.11. The minimum Gasteiger partial charge on any atom is -0.310 e. The Balaban J connectivity index is 1.30. The second kappa shape index (κ2) is 14.6. The van der Waals surface area contributed by atoms with Gasteiger partial charge in [0.1, 0.15) is 0 Å². The van der Waals surface area contributed by atoms with Crippen LogP contribution in [0.4, 0.5) is 17.1 Å². The first-order valence-electron chi connectivity index (χ1n) is 19.6. The molecule has 0 amide bonds. The molecule has 1 aliphatic rings. The molecule has 0 fully saturated rings. The summed E-state index contributed by atoms with van der Waals surface area (Å²) in [5.41, 5.74) is 12.6.